The quantitative estimate of drug-likeness (QED) is 0.570. The zero-order chi connectivity index (χ0) is 21.1. The molecule has 2 heterocycles. The zero-order valence-corrected chi connectivity index (χ0v) is 18.4. The maximum atomic E-state index is 13.5. The first-order valence-electron chi connectivity index (χ1n) is 10.4. The van der Waals surface area contributed by atoms with E-state index in [1.807, 2.05) is 36.4 Å². The molecule has 0 spiro atoms. The Kier molecular flexibility index (Phi) is 6.20. The highest BCUT2D eigenvalue weighted by Gasteiger charge is 2.33. The van der Waals surface area contributed by atoms with Gasteiger partial charge >= 0.3 is 0 Å². The van der Waals surface area contributed by atoms with Gasteiger partial charge in [0.05, 0.1) is 10.2 Å². The highest BCUT2D eigenvalue weighted by Crippen LogP contribution is 2.33. The molecule has 0 bridgehead atoms. The van der Waals surface area contributed by atoms with Crippen LogP contribution in [0.1, 0.15) is 19.4 Å². The van der Waals surface area contributed by atoms with Crippen molar-refractivity contribution < 1.29 is 14.3 Å². The predicted molar refractivity (Wildman–Crippen MR) is 121 cm³/mol. The maximum Gasteiger partial charge on any atom is 0.273 e. The fourth-order valence-electron chi connectivity index (χ4n) is 3.53. The van der Waals surface area contributed by atoms with E-state index in [0.717, 1.165) is 29.9 Å². The summed E-state index contributed by atoms with van der Waals surface area (Å²) >= 11 is 1.54. The molecule has 0 saturated heterocycles. The SMILES string of the molecule is CCN(CC)CCN(C(=O)[C@@H]1COc2ccccc2O1)c1nc2ccc(C)cc2s1. The number of amides is 1. The second-order valence-corrected chi connectivity index (χ2v) is 8.36. The Balaban J connectivity index is 1.61. The molecule has 4 rings (SSSR count). The van der Waals surface area contributed by atoms with Gasteiger partial charge in [-0.05, 0) is 49.8 Å². The zero-order valence-electron chi connectivity index (χ0n) is 17.6. The lowest BCUT2D eigenvalue weighted by Gasteiger charge is -2.30. The fraction of sp³-hybridized carbons (Fsp3) is 0.391. The molecule has 0 saturated carbocycles. The van der Waals surface area contributed by atoms with Crippen molar-refractivity contribution in [1.29, 1.82) is 0 Å². The highest BCUT2D eigenvalue weighted by molar-refractivity contribution is 7.22. The summed E-state index contributed by atoms with van der Waals surface area (Å²) in [5, 5.41) is 0.704. The molecule has 2 aromatic carbocycles. The van der Waals surface area contributed by atoms with Gasteiger partial charge in [0.25, 0.3) is 5.91 Å². The lowest BCUT2D eigenvalue weighted by atomic mass is 10.2. The number of rotatable bonds is 7. The second kappa shape index (κ2) is 9.02. The third-order valence-electron chi connectivity index (χ3n) is 5.35. The van der Waals surface area contributed by atoms with Gasteiger partial charge in [0.15, 0.2) is 16.6 Å². The predicted octanol–water partition coefficient (Wildman–Crippen LogP) is 4.12. The number of thiazole rings is 1. The van der Waals surface area contributed by atoms with Crippen molar-refractivity contribution in [2.75, 3.05) is 37.7 Å². The Morgan fingerprint density at radius 3 is 2.67 bits per heavy atom. The fourth-order valence-corrected chi connectivity index (χ4v) is 4.63. The molecular formula is C23H27N3O3S. The van der Waals surface area contributed by atoms with Crippen molar-refractivity contribution >= 4 is 32.6 Å². The number of aryl methyl sites for hydroxylation is 1. The molecule has 3 aromatic rings. The van der Waals surface area contributed by atoms with Crippen LogP contribution in [-0.2, 0) is 4.79 Å². The number of carbonyl (C=O) groups excluding carboxylic acids is 1. The minimum absolute atomic E-state index is 0.118. The van der Waals surface area contributed by atoms with Gasteiger partial charge in [-0.2, -0.15) is 0 Å². The molecule has 0 radical (unpaired) electrons. The highest BCUT2D eigenvalue weighted by atomic mass is 32.1. The van der Waals surface area contributed by atoms with E-state index < -0.39 is 6.10 Å². The van der Waals surface area contributed by atoms with Crippen LogP contribution in [-0.4, -0.2) is 54.7 Å². The standard InChI is InChI=1S/C23H27N3O3S/c1-4-25(5-2)12-13-26(23-24-17-11-10-16(3)14-21(17)30-23)22(27)20-15-28-18-8-6-7-9-19(18)29-20/h6-11,14,20H,4-5,12-13,15H2,1-3H3/t20-/m0/s1. The average Bonchev–Trinajstić information content (AvgIpc) is 3.18. The van der Waals surface area contributed by atoms with Crippen molar-refractivity contribution in [2.24, 2.45) is 0 Å². The molecule has 0 unspecified atom stereocenters. The maximum absolute atomic E-state index is 13.5. The van der Waals surface area contributed by atoms with Crippen molar-refractivity contribution in [1.82, 2.24) is 9.88 Å². The van der Waals surface area contributed by atoms with Gasteiger partial charge in [0.2, 0.25) is 6.10 Å². The minimum atomic E-state index is -0.689. The number of nitrogens with zero attached hydrogens (tertiary/aromatic N) is 3. The smallest absolute Gasteiger partial charge is 0.273 e. The first-order chi connectivity index (χ1) is 14.6. The van der Waals surface area contributed by atoms with Crippen molar-refractivity contribution in [2.45, 2.75) is 26.9 Å². The second-order valence-electron chi connectivity index (χ2n) is 7.35. The van der Waals surface area contributed by atoms with Crippen LogP contribution in [0.4, 0.5) is 5.13 Å². The molecule has 1 aliphatic rings. The number of hydrogen-bond donors (Lipinski definition) is 0. The van der Waals surface area contributed by atoms with E-state index in [1.165, 1.54) is 5.56 Å². The number of fused-ring (bicyclic) bond motifs is 2. The molecule has 1 aliphatic heterocycles. The normalized spacial score (nSPS) is 15.5. The number of benzene rings is 2. The van der Waals surface area contributed by atoms with E-state index in [-0.39, 0.29) is 12.5 Å². The Bertz CT molecular complexity index is 1030. The first kappa shape index (κ1) is 20.6. The number of hydrogen-bond acceptors (Lipinski definition) is 6. The van der Waals surface area contributed by atoms with Gasteiger partial charge in [0, 0.05) is 13.1 Å². The van der Waals surface area contributed by atoms with Crippen LogP contribution < -0.4 is 14.4 Å². The summed E-state index contributed by atoms with van der Waals surface area (Å²) < 4.78 is 12.9. The monoisotopic (exact) mass is 425 g/mol. The van der Waals surface area contributed by atoms with E-state index in [1.54, 1.807) is 16.2 Å². The summed E-state index contributed by atoms with van der Waals surface area (Å²) in [5.41, 5.74) is 2.09. The summed E-state index contributed by atoms with van der Waals surface area (Å²) in [4.78, 5) is 22.3. The molecule has 1 amide bonds. The van der Waals surface area contributed by atoms with Gasteiger partial charge in [-0.3, -0.25) is 9.69 Å². The summed E-state index contributed by atoms with van der Waals surface area (Å²) in [6.45, 7) is 9.73. The summed E-state index contributed by atoms with van der Waals surface area (Å²) in [7, 11) is 0. The minimum Gasteiger partial charge on any atom is -0.485 e. The van der Waals surface area contributed by atoms with E-state index in [9.17, 15) is 4.79 Å². The summed E-state index contributed by atoms with van der Waals surface area (Å²) in [6.07, 6.45) is -0.689. The number of aromatic nitrogens is 1. The molecule has 1 aromatic heterocycles. The molecule has 0 aliphatic carbocycles. The molecule has 158 valence electrons. The number of anilines is 1. The summed E-state index contributed by atoms with van der Waals surface area (Å²) in [5.74, 6) is 1.16. The lowest BCUT2D eigenvalue weighted by Crippen LogP contribution is -2.48. The summed E-state index contributed by atoms with van der Waals surface area (Å²) in [6, 6.07) is 13.6. The molecular weight excluding hydrogens is 398 g/mol. The van der Waals surface area contributed by atoms with Crippen molar-refractivity contribution in [3.8, 4) is 11.5 Å². The van der Waals surface area contributed by atoms with E-state index in [0.29, 0.717) is 23.2 Å². The van der Waals surface area contributed by atoms with Crippen LogP contribution in [0.3, 0.4) is 0 Å². The Labute approximate surface area is 181 Å². The van der Waals surface area contributed by atoms with E-state index in [4.69, 9.17) is 14.5 Å². The number of carbonyl (C=O) groups is 1. The lowest BCUT2D eigenvalue weighted by molar-refractivity contribution is -0.127. The van der Waals surface area contributed by atoms with Gasteiger partial charge in [-0.15, -0.1) is 0 Å². The molecule has 7 heteroatoms. The van der Waals surface area contributed by atoms with Gasteiger partial charge < -0.3 is 14.4 Å². The van der Waals surface area contributed by atoms with Crippen LogP contribution >= 0.6 is 11.3 Å². The van der Waals surface area contributed by atoms with E-state index >= 15 is 0 Å². The van der Waals surface area contributed by atoms with Crippen molar-refractivity contribution in [3.05, 3.63) is 48.0 Å². The molecule has 0 N–H and O–H groups in total. The molecule has 6 nitrogen and oxygen atoms in total. The topological polar surface area (TPSA) is 54.9 Å². The number of likely N-dealkylation sites (N-methyl/N-ethyl adjacent to an activating group) is 1. The number of ether oxygens (including phenoxy) is 2. The first-order valence-corrected chi connectivity index (χ1v) is 11.2. The largest absolute Gasteiger partial charge is 0.485 e. The van der Waals surface area contributed by atoms with Crippen LogP contribution in [0, 0.1) is 6.92 Å². The van der Waals surface area contributed by atoms with Gasteiger partial charge in [-0.1, -0.05) is 43.4 Å². The van der Waals surface area contributed by atoms with Crippen molar-refractivity contribution in [3.63, 3.8) is 0 Å². The number of para-hydroxylation sites is 2. The average molecular weight is 426 g/mol. The van der Waals surface area contributed by atoms with Gasteiger partial charge in [0.1, 0.15) is 6.61 Å². The Morgan fingerprint density at radius 2 is 1.90 bits per heavy atom. The van der Waals surface area contributed by atoms with Crippen LogP contribution in [0.15, 0.2) is 42.5 Å². The van der Waals surface area contributed by atoms with Crippen LogP contribution in [0.25, 0.3) is 10.2 Å². The molecule has 1 atom stereocenters. The Hall–Kier alpha value is -2.64. The molecule has 30 heavy (non-hydrogen) atoms. The molecule has 0 fully saturated rings. The van der Waals surface area contributed by atoms with Gasteiger partial charge in [-0.25, -0.2) is 4.98 Å². The third kappa shape index (κ3) is 4.27. The van der Waals surface area contributed by atoms with Crippen LogP contribution in [0.5, 0.6) is 11.5 Å². The third-order valence-corrected chi connectivity index (χ3v) is 6.39. The van der Waals surface area contributed by atoms with Crippen LogP contribution in [0.2, 0.25) is 0 Å². The van der Waals surface area contributed by atoms with E-state index in [2.05, 4.69) is 31.7 Å². The Morgan fingerprint density at radius 1 is 1.13 bits per heavy atom.